The van der Waals surface area contributed by atoms with E-state index in [9.17, 15) is 9.59 Å². The molecule has 0 radical (unpaired) electrons. The van der Waals surface area contributed by atoms with Crippen molar-refractivity contribution in [2.75, 3.05) is 16.8 Å². The van der Waals surface area contributed by atoms with Crippen molar-refractivity contribution >= 4 is 34.0 Å². The van der Waals surface area contributed by atoms with E-state index in [1.807, 2.05) is 32.9 Å². The van der Waals surface area contributed by atoms with Gasteiger partial charge in [-0.05, 0) is 24.1 Å². The van der Waals surface area contributed by atoms with Gasteiger partial charge in [-0.25, -0.2) is 0 Å². The molecule has 1 aliphatic rings. The molecule has 1 fully saturated rings. The number of carbonyl (C=O) groups excluding carboxylic acids is 2. The number of carbonyl (C=O) groups is 2. The first-order chi connectivity index (χ1) is 12.3. The van der Waals surface area contributed by atoms with Crippen LogP contribution < -0.4 is 10.2 Å². The minimum atomic E-state index is -0.489. The van der Waals surface area contributed by atoms with E-state index in [4.69, 9.17) is 0 Å². The quantitative estimate of drug-likeness (QED) is 0.890. The number of rotatable bonds is 4. The molecule has 1 aliphatic heterocycles. The summed E-state index contributed by atoms with van der Waals surface area (Å²) in [5, 5.41) is 12.3. The minimum absolute atomic E-state index is 0.00569. The second kappa shape index (κ2) is 7.15. The zero-order valence-corrected chi connectivity index (χ0v) is 16.4. The number of amides is 2. The van der Waals surface area contributed by atoms with Gasteiger partial charge in [0.1, 0.15) is 5.01 Å². The molecular formula is C19H24N4O2S. The van der Waals surface area contributed by atoms with E-state index >= 15 is 0 Å². The highest BCUT2D eigenvalue weighted by atomic mass is 32.1. The third-order valence-corrected chi connectivity index (χ3v) is 5.47. The molecule has 0 spiro atoms. The Kier molecular flexibility index (Phi) is 5.09. The summed E-state index contributed by atoms with van der Waals surface area (Å²) in [4.78, 5) is 26.3. The number of hydrogen-bond acceptors (Lipinski definition) is 5. The zero-order valence-electron chi connectivity index (χ0n) is 15.6. The minimum Gasteiger partial charge on any atom is -0.312 e. The summed E-state index contributed by atoms with van der Waals surface area (Å²) in [6.45, 7) is 8.24. The van der Waals surface area contributed by atoms with Gasteiger partial charge >= 0.3 is 0 Å². The number of benzene rings is 1. The molecule has 0 unspecified atom stereocenters. The van der Waals surface area contributed by atoms with E-state index in [1.54, 1.807) is 4.90 Å². The molecule has 26 heavy (non-hydrogen) atoms. The Labute approximate surface area is 157 Å². The van der Waals surface area contributed by atoms with Crippen LogP contribution in [0.4, 0.5) is 10.8 Å². The fourth-order valence-electron chi connectivity index (χ4n) is 2.77. The number of anilines is 2. The molecule has 1 aromatic heterocycles. The van der Waals surface area contributed by atoms with Gasteiger partial charge < -0.3 is 10.2 Å². The van der Waals surface area contributed by atoms with Crippen molar-refractivity contribution in [3.8, 4) is 0 Å². The van der Waals surface area contributed by atoms with Gasteiger partial charge in [-0.2, -0.15) is 0 Å². The maximum Gasteiger partial charge on any atom is 0.231 e. The highest BCUT2D eigenvalue weighted by Crippen LogP contribution is 2.34. The van der Waals surface area contributed by atoms with Crippen LogP contribution in [0.15, 0.2) is 24.3 Å². The fraction of sp³-hybridized carbons (Fsp3) is 0.474. The number of aryl methyl sites for hydroxylation is 1. The van der Waals surface area contributed by atoms with E-state index in [-0.39, 0.29) is 17.7 Å². The highest BCUT2D eigenvalue weighted by molar-refractivity contribution is 7.15. The van der Waals surface area contributed by atoms with Gasteiger partial charge in [0, 0.05) is 30.0 Å². The van der Waals surface area contributed by atoms with Gasteiger partial charge in [0.05, 0.1) is 0 Å². The van der Waals surface area contributed by atoms with Crippen LogP contribution in [0.25, 0.3) is 0 Å². The summed E-state index contributed by atoms with van der Waals surface area (Å²) >= 11 is 1.35. The molecule has 2 aromatic rings. The highest BCUT2D eigenvalue weighted by Gasteiger charge is 2.34. The Morgan fingerprint density at radius 1 is 1.27 bits per heavy atom. The summed E-state index contributed by atoms with van der Waals surface area (Å²) in [7, 11) is 0. The van der Waals surface area contributed by atoms with Gasteiger partial charge in [0.15, 0.2) is 0 Å². The normalized spacial score (nSPS) is 17.6. The SMILES string of the molecule is CCc1ccc(N2C[C@H](c3nnc(NC(=O)C(C)(C)C)s3)CC2=O)cc1. The van der Waals surface area contributed by atoms with Gasteiger partial charge in [-0.1, -0.05) is 51.2 Å². The molecule has 7 heteroatoms. The second-order valence-electron chi connectivity index (χ2n) is 7.57. The molecule has 1 aromatic carbocycles. The van der Waals surface area contributed by atoms with Gasteiger partial charge in [-0.3, -0.25) is 9.59 Å². The predicted octanol–water partition coefficient (Wildman–Crippen LogP) is 3.61. The average molecular weight is 372 g/mol. The van der Waals surface area contributed by atoms with E-state index in [0.29, 0.717) is 18.1 Å². The van der Waals surface area contributed by atoms with Crippen LogP contribution in [-0.4, -0.2) is 28.6 Å². The zero-order chi connectivity index (χ0) is 18.9. The van der Waals surface area contributed by atoms with Crippen LogP contribution in [0.5, 0.6) is 0 Å². The molecule has 6 nitrogen and oxygen atoms in total. The van der Waals surface area contributed by atoms with Crippen molar-refractivity contribution in [3.63, 3.8) is 0 Å². The summed E-state index contributed by atoms with van der Waals surface area (Å²) in [5.74, 6) is 0.00112. The molecule has 1 saturated heterocycles. The van der Waals surface area contributed by atoms with E-state index in [1.165, 1.54) is 16.9 Å². The molecule has 3 rings (SSSR count). The molecule has 0 aliphatic carbocycles. The molecule has 2 heterocycles. The molecule has 138 valence electrons. The van der Waals surface area contributed by atoms with E-state index in [2.05, 4.69) is 34.6 Å². The third-order valence-electron chi connectivity index (χ3n) is 4.47. The number of nitrogens with one attached hydrogen (secondary N) is 1. The largest absolute Gasteiger partial charge is 0.312 e. The third kappa shape index (κ3) is 3.93. The number of nitrogens with zero attached hydrogens (tertiary/aromatic N) is 3. The van der Waals surface area contributed by atoms with Crippen LogP contribution in [0.3, 0.4) is 0 Å². The first-order valence-electron chi connectivity index (χ1n) is 8.82. The molecule has 0 saturated carbocycles. The molecule has 0 bridgehead atoms. The number of hydrogen-bond donors (Lipinski definition) is 1. The van der Waals surface area contributed by atoms with Gasteiger partial charge in [0.25, 0.3) is 0 Å². The Balaban J connectivity index is 1.69. The van der Waals surface area contributed by atoms with Crippen LogP contribution in [0, 0.1) is 5.41 Å². The summed E-state index contributed by atoms with van der Waals surface area (Å²) in [6.07, 6.45) is 1.39. The number of aromatic nitrogens is 2. The smallest absolute Gasteiger partial charge is 0.231 e. The first-order valence-corrected chi connectivity index (χ1v) is 9.63. The van der Waals surface area contributed by atoms with Crippen molar-refractivity contribution < 1.29 is 9.59 Å². The maximum absolute atomic E-state index is 12.4. The van der Waals surface area contributed by atoms with Gasteiger partial charge in [-0.15, -0.1) is 10.2 Å². The lowest BCUT2D eigenvalue weighted by molar-refractivity contribution is -0.123. The standard InChI is InChI=1S/C19H24N4O2S/c1-5-12-6-8-14(9-7-12)23-11-13(10-15(23)24)16-21-22-18(26-16)20-17(25)19(2,3)4/h6-9,13H,5,10-11H2,1-4H3,(H,20,22,25)/t13-/m1/s1. The van der Waals surface area contributed by atoms with Crippen LogP contribution >= 0.6 is 11.3 Å². The Morgan fingerprint density at radius 3 is 2.58 bits per heavy atom. The van der Waals surface area contributed by atoms with Crippen molar-refractivity contribution in [1.29, 1.82) is 0 Å². The van der Waals surface area contributed by atoms with Crippen molar-refractivity contribution in [2.45, 2.75) is 46.5 Å². The molecular weight excluding hydrogens is 348 g/mol. The molecule has 1 atom stereocenters. The monoisotopic (exact) mass is 372 g/mol. The lowest BCUT2D eigenvalue weighted by Gasteiger charge is -2.16. The van der Waals surface area contributed by atoms with Gasteiger partial charge in [0.2, 0.25) is 16.9 Å². The van der Waals surface area contributed by atoms with Crippen LogP contribution in [0.2, 0.25) is 0 Å². The van der Waals surface area contributed by atoms with Crippen molar-refractivity contribution in [3.05, 3.63) is 34.8 Å². The van der Waals surface area contributed by atoms with E-state index < -0.39 is 5.41 Å². The Bertz CT molecular complexity index is 808. The van der Waals surface area contributed by atoms with E-state index in [0.717, 1.165) is 17.1 Å². The summed E-state index contributed by atoms with van der Waals surface area (Å²) in [5.41, 5.74) is 1.68. The maximum atomic E-state index is 12.4. The average Bonchev–Trinajstić information content (AvgIpc) is 3.21. The lowest BCUT2D eigenvalue weighted by atomic mass is 9.96. The lowest BCUT2D eigenvalue weighted by Crippen LogP contribution is -2.27. The Hall–Kier alpha value is -2.28. The summed E-state index contributed by atoms with van der Waals surface area (Å²) in [6, 6.07) is 8.10. The van der Waals surface area contributed by atoms with Crippen molar-refractivity contribution in [2.24, 2.45) is 5.41 Å². The fourth-order valence-corrected chi connectivity index (χ4v) is 3.60. The molecule has 1 N–H and O–H groups in total. The second-order valence-corrected chi connectivity index (χ2v) is 8.58. The van der Waals surface area contributed by atoms with Crippen LogP contribution in [0.1, 0.15) is 50.6 Å². The molecule has 2 amide bonds. The van der Waals surface area contributed by atoms with Crippen LogP contribution in [-0.2, 0) is 16.0 Å². The topological polar surface area (TPSA) is 75.2 Å². The predicted molar refractivity (Wildman–Crippen MR) is 104 cm³/mol. The first kappa shape index (κ1) is 18.5. The summed E-state index contributed by atoms with van der Waals surface area (Å²) < 4.78 is 0. The Morgan fingerprint density at radius 2 is 1.96 bits per heavy atom. The van der Waals surface area contributed by atoms with Crippen molar-refractivity contribution in [1.82, 2.24) is 10.2 Å².